The number of halogens is 1. The van der Waals surface area contributed by atoms with E-state index in [0.717, 1.165) is 51.5 Å². The minimum Gasteiger partial charge on any atom is -0.396 e. The first-order valence-corrected chi connectivity index (χ1v) is 9.62. The van der Waals surface area contributed by atoms with Crippen molar-refractivity contribution in [2.75, 3.05) is 51.9 Å². The van der Waals surface area contributed by atoms with E-state index in [1.807, 2.05) is 0 Å². The minimum atomic E-state index is 0. The molecule has 2 aliphatic heterocycles. The monoisotopic (exact) mass is 488 g/mol. The van der Waals surface area contributed by atoms with Crippen LogP contribution >= 0.6 is 24.0 Å². The third-order valence-electron chi connectivity index (χ3n) is 5.64. The van der Waals surface area contributed by atoms with Crippen molar-refractivity contribution in [3.8, 4) is 0 Å². The van der Waals surface area contributed by atoms with Crippen molar-refractivity contribution in [1.29, 1.82) is 0 Å². The first kappa shape index (κ1) is 22.2. The molecule has 2 aliphatic rings. The van der Waals surface area contributed by atoms with Gasteiger partial charge in [0.15, 0.2) is 5.96 Å². The maximum Gasteiger partial charge on any atom is 0.191 e. The van der Waals surface area contributed by atoms with Crippen molar-refractivity contribution in [3.63, 3.8) is 0 Å². The Hall–Kier alpha value is -1.06. The fraction of sp³-hybridized carbons (Fsp3) is 0.650. The van der Waals surface area contributed by atoms with Crippen molar-refractivity contribution in [2.45, 2.75) is 32.2 Å². The van der Waals surface area contributed by atoms with E-state index in [4.69, 9.17) is 4.74 Å². The lowest BCUT2D eigenvalue weighted by Gasteiger charge is -2.28. The van der Waals surface area contributed by atoms with Gasteiger partial charge in [-0.1, -0.05) is 12.1 Å². The molecule has 0 amide bonds. The second kappa shape index (κ2) is 10.5. The van der Waals surface area contributed by atoms with E-state index in [0.29, 0.717) is 6.61 Å². The molecule has 152 valence electrons. The molecule has 1 aromatic rings. The van der Waals surface area contributed by atoms with E-state index in [1.54, 1.807) is 7.05 Å². The predicted molar refractivity (Wildman–Crippen MR) is 121 cm³/mol. The Kier molecular flexibility index (Phi) is 8.62. The zero-order valence-electron chi connectivity index (χ0n) is 16.5. The third-order valence-corrected chi connectivity index (χ3v) is 5.64. The number of rotatable bonds is 6. The summed E-state index contributed by atoms with van der Waals surface area (Å²) in [5, 5.41) is 16.2. The van der Waals surface area contributed by atoms with Gasteiger partial charge in [-0.15, -0.1) is 24.0 Å². The molecule has 1 aromatic carbocycles. The van der Waals surface area contributed by atoms with Gasteiger partial charge >= 0.3 is 0 Å². The first-order chi connectivity index (χ1) is 12.7. The Balaban J connectivity index is 0.00000261. The highest BCUT2D eigenvalue weighted by Crippen LogP contribution is 2.31. The molecule has 1 fully saturated rings. The number of hydrogen-bond acceptors (Lipinski definition) is 4. The lowest BCUT2D eigenvalue weighted by atomic mass is 9.84. The molecule has 1 unspecified atom stereocenters. The molecule has 1 saturated heterocycles. The van der Waals surface area contributed by atoms with Crippen LogP contribution < -0.4 is 15.5 Å². The van der Waals surface area contributed by atoms with E-state index >= 15 is 0 Å². The number of nitrogens with one attached hydrogen (secondary N) is 2. The van der Waals surface area contributed by atoms with Crippen LogP contribution in [0.1, 0.15) is 30.4 Å². The summed E-state index contributed by atoms with van der Waals surface area (Å²) in [5.74, 6) is 0.795. The molecule has 3 N–H and O–H groups in total. The van der Waals surface area contributed by atoms with E-state index < -0.39 is 0 Å². The molecule has 3 rings (SSSR count). The van der Waals surface area contributed by atoms with Crippen molar-refractivity contribution >= 4 is 35.6 Å². The Labute approximate surface area is 179 Å². The largest absolute Gasteiger partial charge is 0.396 e. The molecule has 0 saturated carbocycles. The predicted octanol–water partition coefficient (Wildman–Crippen LogP) is 2.14. The number of aliphatic hydroxyl groups excluding tert-OH is 1. The van der Waals surface area contributed by atoms with Crippen molar-refractivity contribution in [2.24, 2.45) is 10.4 Å². The van der Waals surface area contributed by atoms with Crippen LogP contribution in [0, 0.1) is 5.41 Å². The number of hydrogen-bond donors (Lipinski definition) is 3. The summed E-state index contributed by atoms with van der Waals surface area (Å²) in [6, 6.07) is 6.73. The van der Waals surface area contributed by atoms with Crippen LogP contribution in [-0.4, -0.2) is 58.1 Å². The molecular formula is C20H33IN4O2. The van der Waals surface area contributed by atoms with Crippen LogP contribution in [0.5, 0.6) is 0 Å². The van der Waals surface area contributed by atoms with E-state index in [9.17, 15) is 5.11 Å². The zero-order chi connectivity index (χ0) is 18.4. The van der Waals surface area contributed by atoms with Gasteiger partial charge in [0.2, 0.25) is 0 Å². The summed E-state index contributed by atoms with van der Waals surface area (Å²) < 4.78 is 5.55. The molecule has 0 radical (unpaired) electrons. The van der Waals surface area contributed by atoms with E-state index in [2.05, 4.69) is 45.8 Å². The van der Waals surface area contributed by atoms with Crippen molar-refractivity contribution < 1.29 is 9.84 Å². The number of fused-ring (bicyclic) bond motifs is 1. The van der Waals surface area contributed by atoms with Crippen LogP contribution in [0.3, 0.4) is 0 Å². The highest BCUT2D eigenvalue weighted by atomic mass is 127. The quantitative estimate of drug-likeness (QED) is 0.325. The fourth-order valence-corrected chi connectivity index (χ4v) is 3.94. The van der Waals surface area contributed by atoms with Crippen molar-refractivity contribution in [3.05, 3.63) is 29.3 Å². The number of aliphatic imine (C=N–C) groups is 1. The standard InChI is InChI=1S/C20H32N4O2.HI/c1-21-19(23-14-20(7-10-25)8-11-26-15-20)22-13-16-5-6-18-17(12-16)4-3-9-24(18)2;/h5-6,12,25H,3-4,7-11,13-15H2,1-2H3,(H2,21,22,23);1H. The number of benzene rings is 1. The second-order valence-electron chi connectivity index (χ2n) is 7.54. The molecule has 7 heteroatoms. The number of guanidine groups is 1. The van der Waals surface area contributed by atoms with Gasteiger partial charge in [0, 0.05) is 58.0 Å². The lowest BCUT2D eigenvalue weighted by molar-refractivity contribution is 0.127. The van der Waals surface area contributed by atoms with Crippen molar-refractivity contribution in [1.82, 2.24) is 10.6 Å². The summed E-state index contributed by atoms with van der Waals surface area (Å²) in [7, 11) is 3.96. The van der Waals surface area contributed by atoms with Gasteiger partial charge in [-0.05, 0) is 42.9 Å². The maximum atomic E-state index is 9.35. The summed E-state index contributed by atoms with van der Waals surface area (Å²) in [6.45, 7) is 4.33. The van der Waals surface area contributed by atoms with E-state index in [-0.39, 0.29) is 36.0 Å². The second-order valence-corrected chi connectivity index (χ2v) is 7.54. The Morgan fingerprint density at radius 2 is 2.22 bits per heavy atom. The first-order valence-electron chi connectivity index (χ1n) is 9.62. The molecule has 0 aliphatic carbocycles. The molecular weight excluding hydrogens is 455 g/mol. The highest BCUT2D eigenvalue weighted by molar-refractivity contribution is 14.0. The van der Waals surface area contributed by atoms with Crippen LogP contribution in [0.15, 0.2) is 23.2 Å². The molecule has 2 heterocycles. The third kappa shape index (κ3) is 5.71. The lowest BCUT2D eigenvalue weighted by Crippen LogP contribution is -2.44. The maximum absolute atomic E-state index is 9.35. The van der Waals surface area contributed by atoms with E-state index in [1.165, 1.54) is 23.2 Å². The number of aliphatic hydroxyl groups is 1. The van der Waals surface area contributed by atoms with Gasteiger partial charge in [0.05, 0.1) is 6.61 Å². The molecule has 27 heavy (non-hydrogen) atoms. The number of ether oxygens (including phenoxy) is 1. The molecule has 1 atom stereocenters. The molecule has 6 nitrogen and oxygen atoms in total. The Morgan fingerprint density at radius 1 is 1.37 bits per heavy atom. The summed E-state index contributed by atoms with van der Waals surface area (Å²) in [4.78, 5) is 6.67. The van der Waals surface area contributed by atoms with Crippen LogP contribution in [0.4, 0.5) is 5.69 Å². The number of anilines is 1. The minimum absolute atomic E-state index is 0. The number of nitrogens with zero attached hydrogens (tertiary/aromatic N) is 2. The summed E-state index contributed by atoms with van der Waals surface area (Å²) in [6.07, 6.45) is 4.12. The molecule has 0 bridgehead atoms. The smallest absolute Gasteiger partial charge is 0.191 e. The Morgan fingerprint density at radius 3 is 2.93 bits per heavy atom. The van der Waals surface area contributed by atoms with Crippen LogP contribution in [0.25, 0.3) is 0 Å². The van der Waals surface area contributed by atoms with Crippen LogP contribution in [0.2, 0.25) is 0 Å². The molecule has 0 spiro atoms. The number of aryl methyl sites for hydroxylation is 1. The topological polar surface area (TPSA) is 69.1 Å². The summed E-state index contributed by atoms with van der Waals surface area (Å²) in [5.41, 5.74) is 4.08. The average molecular weight is 488 g/mol. The zero-order valence-corrected chi connectivity index (χ0v) is 18.8. The Bertz CT molecular complexity index is 632. The van der Waals surface area contributed by atoms with Crippen LogP contribution in [-0.2, 0) is 17.7 Å². The van der Waals surface area contributed by atoms with Gasteiger partial charge in [-0.25, -0.2) is 0 Å². The SMILES string of the molecule is CN=C(NCc1ccc2c(c1)CCCN2C)NCC1(CCO)CCOC1.I. The summed E-state index contributed by atoms with van der Waals surface area (Å²) >= 11 is 0. The fourth-order valence-electron chi connectivity index (χ4n) is 3.94. The van der Waals surface area contributed by atoms with Gasteiger partial charge < -0.3 is 25.4 Å². The van der Waals surface area contributed by atoms with Gasteiger partial charge in [0.1, 0.15) is 0 Å². The van der Waals surface area contributed by atoms with Gasteiger partial charge in [-0.3, -0.25) is 4.99 Å². The highest BCUT2D eigenvalue weighted by Gasteiger charge is 2.34. The normalized spacial score (nSPS) is 22.2. The molecule has 0 aromatic heterocycles. The average Bonchev–Trinajstić information content (AvgIpc) is 3.11. The van der Waals surface area contributed by atoms with Gasteiger partial charge in [-0.2, -0.15) is 0 Å². The van der Waals surface area contributed by atoms with Gasteiger partial charge in [0.25, 0.3) is 0 Å².